The molecule has 1 atom stereocenters. The molecule has 0 spiro atoms. The van der Waals surface area contributed by atoms with Crippen LogP contribution in [0, 0.1) is 6.92 Å². The number of hydrogen-bond acceptors (Lipinski definition) is 5. The summed E-state index contributed by atoms with van der Waals surface area (Å²) in [6.45, 7) is 5.61. The van der Waals surface area contributed by atoms with Gasteiger partial charge in [0.2, 0.25) is 15.9 Å². The first-order chi connectivity index (χ1) is 14.0. The number of anilines is 1. The molecule has 30 heavy (non-hydrogen) atoms. The minimum atomic E-state index is -3.66. The van der Waals surface area contributed by atoms with Crippen molar-refractivity contribution >= 4 is 21.6 Å². The lowest BCUT2D eigenvalue weighted by Crippen LogP contribution is -2.45. The summed E-state index contributed by atoms with van der Waals surface area (Å²) in [4.78, 5) is 12.9. The van der Waals surface area contributed by atoms with Gasteiger partial charge >= 0.3 is 0 Å². The van der Waals surface area contributed by atoms with Gasteiger partial charge in [-0.3, -0.25) is 9.10 Å². The van der Waals surface area contributed by atoms with E-state index in [1.807, 2.05) is 39.0 Å². The number of amides is 1. The summed E-state index contributed by atoms with van der Waals surface area (Å²) in [5.41, 5.74) is 1.91. The van der Waals surface area contributed by atoms with Crippen LogP contribution in [0.15, 0.2) is 42.5 Å². The summed E-state index contributed by atoms with van der Waals surface area (Å²) in [6, 6.07) is 12.1. The molecular weight excluding hydrogens is 404 g/mol. The molecule has 1 heterocycles. The van der Waals surface area contributed by atoms with E-state index >= 15 is 0 Å². The molecule has 1 aliphatic heterocycles. The average molecular weight is 433 g/mol. The zero-order valence-corrected chi connectivity index (χ0v) is 18.7. The van der Waals surface area contributed by atoms with Crippen LogP contribution in [0.1, 0.15) is 37.4 Å². The zero-order chi connectivity index (χ0) is 22.1. The molecule has 0 radical (unpaired) electrons. The molecule has 8 heteroatoms. The molecule has 162 valence electrons. The highest BCUT2D eigenvalue weighted by Crippen LogP contribution is 2.39. The van der Waals surface area contributed by atoms with Crippen LogP contribution in [0.25, 0.3) is 0 Å². The number of methoxy groups -OCH3 is 1. The molecule has 0 aromatic heterocycles. The van der Waals surface area contributed by atoms with Gasteiger partial charge in [-0.2, -0.15) is 0 Å². The van der Waals surface area contributed by atoms with E-state index in [0.29, 0.717) is 17.9 Å². The quantitative estimate of drug-likeness (QED) is 0.758. The highest BCUT2D eigenvalue weighted by Gasteiger charge is 2.35. The Bertz CT molecular complexity index is 1030. The van der Waals surface area contributed by atoms with E-state index in [1.54, 1.807) is 24.3 Å². The zero-order valence-electron chi connectivity index (χ0n) is 17.9. The van der Waals surface area contributed by atoms with Gasteiger partial charge < -0.3 is 14.8 Å². The highest BCUT2D eigenvalue weighted by atomic mass is 32.2. The van der Waals surface area contributed by atoms with Crippen molar-refractivity contribution in [1.82, 2.24) is 5.32 Å². The van der Waals surface area contributed by atoms with Crippen LogP contribution < -0.4 is 19.1 Å². The molecule has 1 N–H and O–H groups in total. The Morgan fingerprint density at radius 2 is 1.90 bits per heavy atom. The number of fused-ring (bicyclic) bond motifs is 1. The van der Waals surface area contributed by atoms with Crippen molar-refractivity contribution in [2.45, 2.75) is 38.8 Å². The van der Waals surface area contributed by atoms with Crippen LogP contribution in [0.3, 0.4) is 0 Å². The molecule has 3 rings (SSSR count). The minimum absolute atomic E-state index is 0.269. The van der Waals surface area contributed by atoms with Crippen molar-refractivity contribution in [3.8, 4) is 11.5 Å². The van der Waals surface area contributed by atoms with Gasteiger partial charge in [-0.25, -0.2) is 8.42 Å². The van der Waals surface area contributed by atoms with Crippen molar-refractivity contribution in [2.75, 3.05) is 24.2 Å². The second-order valence-electron chi connectivity index (χ2n) is 8.19. The van der Waals surface area contributed by atoms with Gasteiger partial charge in [0.15, 0.2) is 0 Å². The predicted molar refractivity (Wildman–Crippen MR) is 117 cm³/mol. The molecule has 0 fully saturated rings. The summed E-state index contributed by atoms with van der Waals surface area (Å²) in [5, 5.41) is 3.00. The lowest BCUT2D eigenvalue weighted by Gasteiger charge is -2.38. The van der Waals surface area contributed by atoms with Crippen molar-refractivity contribution < 1.29 is 22.7 Å². The van der Waals surface area contributed by atoms with Crippen LogP contribution in [-0.2, 0) is 14.8 Å². The average Bonchev–Trinajstić information content (AvgIpc) is 2.64. The van der Waals surface area contributed by atoms with Crippen LogP contribution in [-0.4, -0.2) is 39.8 Å². The number of carbonyl (C=O) groups excluding carboxylic acids is 1. The van der Waals surface area contributed by atoms with Gasteiger partial charge in [-0.05, 0) is 56.7 Å². The topological polar surface area (TPSA) is 84.9 Å². The van der Waals surface area contributed by atoms with Crippen molar-refractivity contribution in [3.63, 3.8) is 0 Å². The van der Waals surface area contributed by atoms with E-state index in [1.165, 1.54) is 7.11 Å². The summed E-state index contributed by atoms with van der Waals surface area (Å²) in [7, 11) is -2.12. The molecule has 0 bridgehead atoms. The lowest BCUT2D eigenvalue weighted by atomic mass is 9.89. The number of rotatable bonds is 6. The van der Waals surface area contributed by atoms with Gasteiger partial charge in [0, 0.05) is 12.0 Å². The fraction of sp³-hybridized carbons (Fsp3) is 0.409. The molecule has 7 nitrogen and oxygen atoms in total. The normalized spacial score (nSPS) is 17.4. The number of aryl methyl sites for hydroxylation is 1. The van der Waals surface area contributed by atoms with E-state index in [2.05, 4.69) is 5.32 Å². The Balaban J connectivity index is 1.82. The first-order valence-corrected chi connectivity index (χ1v) is 11.5. The van der Waals surface area contributed by atoms with E-state index in [0.717, 1.165) is 27.4 Å². The Labute approximate surface area is 178 Å². The Morgan fingerprint density at radius 1 is 1.23 bits per heavy atom. The molecule has 2 aromatic carbocycles. The largest absolute Gasteiger partial charge is 0.497 e. The second-order valence-corrected chi connectivity index (χ2v) is 10.1. The summed E-state index contributed by atoms with van der Waals surface area (Å²) in [6.07, 6.45) is 1.66. The smallest absolute Gasteiger partial charge is 0.241 e. The second kappa shape index (κ2) is 8.18. The number of hydrogen-bond donors (Lipinski definition) is 1. The Kier molecular flexibility index (Phi) is 5.99. The standard InChI is InChI=1S/C22H28N2O5S/c1-15-6-11-18-19(13-22(2,3)29-20(18)12-15)23-21(25)14-24(30(5,26)27)16-7-9-17(28-4)10-8-16/h6-12,19H,13-14H2,1-5H3,(H,23,25). The van der Waals surface area contributed by atoms with Crippen LogP contribution in [0.4, 0.5) is 5.69 Å². The molecule has 0 saturated carbocycles. The fourth-order valence-corrected chi connectivity index (χ4v) is 4.46. The summed E-state index contributed by atoms with van der Waals surface area (Å²) < 4.78 is 37.0. The molecule has 1 unspecified atom stereocenters. The van der Waals surface area contributed by atoms with E-state index < -0.39 is 15.6 Å². The number of benzene rings is 2. The third-order valence-electron chi connectivity index (χ3n) is 5.01. The Hall–Kier alpha value is -2.74. The van der Waals surface area contributed by atoms with Gasteiger partial charge in [-0.15, -0.1) is 0 Å². The van der Waals surface area contributed by atoms with Crippen molar-refractivity contribution in [3.05, 3.63) is 53.6 Å². The number of ether oxygens (including phenoxy) is 2. The molecule has 1 amide bonds. The number of carbonyl (C=O) groups is 1. The molecule has 0 saturated heterocycles. The van der Waals surface area contributed by atoms with Gasteiger partial charge in [0.25, 0.3) is 0 Å². The van der Waals surface area contributed by atoms with E-state index in [-0.39, 0.29) is 18.5 Å². The fourth-order valence-electron chi connectivity index (χ4n) is 3.61. The van der Waals surface area contributed by atoms with Crippen molar-refractivity contribution in [1.29, 1.82) is 0 Å². The Morgan fingerprint density at radius 3 is 2.50 bits per heavy atom. The van der Waals surface area contributed by atoms with Crippen LogP contribution in [0.5, 0.6) is 11.5 Å². The summed E-state index contributed by atoms with van der Waals surface area (Å²) >= 11 is 0. The van der Waals surface area contributed by atoms with Crippen LogP contribution >= 0.6 is 0 Å². The third kappa shape index (κ3) is 5.05. The minimum Gasteiger partial charge on any atom is -0.497 e. The predicted octanol–water partition coefficient (Wildman–Crippen LogP) is 3.19. The lowest BCUT2D eigenvalue weighted by molar-refractivity contribution is -0.120. The maximum atomic E-state index is 12.9. The van der Waals surface area contributed by atoms with Crippen molar-refractivity contribution in [2.24, 2.45) is 0 Å². The SMILES string of the molecule is COc1ccc(N(CC(=O)NC2CC(C)(C)Oc3cc(C)ccc32)S(C)(=O)=O)cc1. The number of sulfonamides is 1. The van der Waals surface area contributed by atoms with Crippen LogP contribution in [0.2, 0.25) is 0 Å². The third-order valence-corrected chi connectivity index (χ3v) is 6.15. The summed E-state index contributed by atoms with van der Waals surface area (Å²) in [5.74, 6) is 0.963. The first kappa shape index (κ1) is 22.0. The molecule has 2 aromatic rings. The van der Waals surface area contributed by atoms with E-state index in [4.69, 9.17) is 9.47 Å². The number of nitrogens with zero attached hydrogens (tertiary/aromatic N) is 1. The first-order valence-electron chi connectivity index (χ1n) is 9.69. The maximum Gasteiger partial charge on any atom is 0.241 e. The maximum absolute atomic E-state index is 12.9. The van der Waals surface area contributed by atoms with Gasteiger partial charge in [-0.1, -0.05) is 12.1 Å². The highest BCUT2D eigenvalue weighted by molar-refractivity contribution is 7.92. The number of nitrogens with one attached hydrogen (secondary N) is 1. The van der Waals surface area contributed by atoms with E-state index in [9.17, 15) is 13.2 Å². The van der Waals surface area contributed by atoms with Gasteiger partial charge in [0.1, 0.15) is 23.6 Å². The van der Waals surface area contributed by atoms with Gasteiger partial charge in [0.05, 0.1) is 25.1 Å². The monoisotopic (exact) mass is 432 g/mol. The molecule has 0 aliphatic carbocycles. The molecule has 1 aliphatic rings. The molecular formula is C22H28N2O5S.